The van der Waals surface area contributed by atoms with Gasteiger partial charge in [0, 0.05) is 32.9 Å². The molecule has 2 saturated heterocycles. The quantitative estimate of drug-likeness (QED) is 0.743. The number of hydrogen-bond donors (Lipinski definition) is 0. The van der Waals surface area contributed by atoms with E-state index in [2.05, 4.69) is 10.1 Å². The number of fused-ring (bicyclic) bond motifs is 1. The van der Waals surface area contributed by atoms with Gasteiger partial charge in [0.1, 0.15) is 5.54 Å². The first kappa shape index (κ1) is 18.4. The molecule has 4 rings (SSSR count). The smallest absolute Gasteiger partial charge is 0.327 e. The third kappa shape index (κ3) is 2.64. The van der Waals surface area contributed by atoms with E-state index in [9.17, 15) is 14.4 Å². The van der Waals surface area contributed by atoms with Crippen LogP contribution in [-0.4, -0.2) is 79.4 Å². The van der Waals surface area contributed by atoms with Crippen molar-refractivity contribution in [3.8, 4) is 0 Å². The van der Waals surface area contributed by atoms with E-state index in [1.165, 1.54) is 22.7 Å². The van der Waals surface area contributed by atoms with Crippen LogP contribution in [0.2, 0.25) is 0 Å². The van der Waals surface area contributed by atoms with Crippen LogP contribution in [0.1, 0.15) is 37.2 Å². The third-order valence-corrected chi connectivity index (χ3v) is 5.66. The molecule has 0 aromatic carbocycles. The Balaban J connectivity index is 1.55. The summed E-state index contributed by atoms with van der Waals surface area (Å²) in [6.07, 6.45) is 4.01. The number of imidazole rings is 1. The van der Waals surface area contributed by atoms with E-state index >= 15 is 0 Å². The summed E-state index contributed by atoms with van der Waals surface area (Å²) >= 11 is 0. The third-order valence-electron chi connectivity index (χ3n) is 5.66. The molecule has 0 radical (unpaired) electrons. The summed E-state index contributed by atoms with van der Waals surface area (Å²) < 4.78 is 1.52. The van der Waals surface area contributed by atoms with E-state index in [1.807, 2.05) is 13.8 Å². The normalized spacial score (nSPS) is 19.5. The van der Waals surface area contributed by atoms with Crippen LogP contribution >= 0.6 is 0 Å². The Kier molecular flexibility index (Phi) is 4.32. The van der Waals surface area contributed by atoms with Gasteiger partial charge < -0.3 is 9.80 Å². The number of carbonyl (C=O) groups excluding carboxylic acids is 3. The predicted molar refractivity (Wildman–Crippen MR) is 101 cm³/mol. The molecule has 2 aliphatic heterocycles. The van der Waals surface area contributed by atoms with Gasteiger partial charge >= 0.3 is 6.03 Å². The maximum Gasteiger partial charge on any atom is 0.327 e. The molecule has 2 fully saturated rings. The molecule has 2 aromatic heterocycles. The second-order valence-electron chi connectivity index (χ2n) is 7.91. The summed E-state index contributed by atoms with van der Waals surface area (Å²) in [5, 5.41) is 4.20. The predicted octanol–water partition coefficient (Wildman–Crippen LogP) is 1.25. The van der Waals surface area contributed by atoms with E-state index < -0.39 is 5.54 Å². The number of amides is 4. The molecule has 9 nitrogen and oxygen atoms in total. The number of likely N-dealkylation sites (tertiary alicyclic amines) is 1. The lowest BCUT2D eigenvalue weighted by Gasteiger charge is -2.42. The molecule has 148 valence electrons. The van der Waals surface area contributed by atoms with Crippen molar-refractivity contribution in [2.45, 2.75) is 32.2 Å². The van der Waals surface area contributed by atoms with Gasteiger partial charge in [0.25, 0.3) is 11.8 Å². The van der Waals surface area contributed by atoms with Crippen molar-refractivity contribution in [3.63, 3.8) is 0 Å². The van der Waals surface area contributed by atoms with Gasteiger partial charge in [0.2, 0.25) is 0 Å². The highest BCUT2D eigenvalue weighted by atomic mass is 16.2. The molecule has 0 saturated carbocycles. The van der Waals surface area contributed by atoms with Crippen LogP contribution in [0.25, 0.3) is 5.65 Å². The van der Waals surface area contributed by atoms with E-state index in [0.717, 1.165) is 0 Å². The Morgan fingerprint density at radius 1 is 1.25 bits per heavy atom. The van der Waals surface area contributed by atoms with E-state index in [0.29, 0.717) is 43.8 Å². The standard InChI is InChI=1S/C19H24N6O3/c1-13(2)12-24-18(28)22(3)17(27)19(24)6-9-23(10-7-19)16(26)14-11-20-15-5-4-8-21-25(14)15/h4-5,8,11,13H,6-7,9-10,12H2,1-3H3. The number of aromatic nitrogens is 3. The van der Waals surface area contributed by atoms with Crippen LogP contribution < -0.4 is 0 Å². The lowest BCUT2D eigenvalue weighted by molar-refractivity contribution is -0.134. The topological polar surface area (TPSA) is 91.1 Å². The number of imide groups is 1. The highest BCUT2D eigenvalue weighted by Gasteiger charge is 2.57. The molecule has 4 amide bonds. The number of hydrogen-bond acceptors (Lipinski definition) is 5. The summed E-state index contributed by atoms with van der Waals surface area (Å²) in [6, 6.07) is 3.31. The number of urea groups is 1. The molecule has 4 heterocycles. The van der Waals surface area contributed by atoms with Gasteiger partial charge in [-0.1, -0.05) is 13.8 Å². The lowest BCUT2D eigenvalue weighted by atomic mass is 9.85. The first-order valence-electron chi connectivity index (χ1n) is 9.53. The Hall–Kier alpha value is -2.97. The minimum Gasteiger partial charge on any atom is -0.337 e. The van der Waals surface area contributed by atoms with Crippen molar-refractivity contribution in [3.05, 3.63) is 30.2 Å². The monoisotopic (exact) mass is 384 g/mol. The van der Waals surface area contributed by atoms with E-state index in [1.54, 1.807) is 28.1 Å². The molecule has 1 spiro atoms. The van der Waals surface area contributed by atoms with Crippen molar-refractivity contribution in [1.82, 2.24) is 29.3 Å². The van der Waals surface area contributed by atoms with Gasteiger partial charge in [-0.15, -0.1) is 0 Å². The molecular weight excluding hydrogens is 360 g/mol. The van der Waals surface area contributed by atoms with Crippen LogP contribution in [0.3, 0.4) is 0 Å². The molecule has 0 aliphatic carbocycles. The number of nitrogens with zero attached hydrogens (tertiary/aromatic N) is 6. The molecule has 0 bridgehead atoms. The molecule has 28 heavy (non-hydrogen) atoms. The average molecular weight is 384 g/mol. The molecule has 2 aliphatic rings. The summed E-state index contributed by atoms with van der Waals surface area (Å²) in [5.74, 6) is -0.0766. The van der Waals surface area contributed by atoms with Crippen LogP contribution in [0.4, 0.5) is 4.79 Å². The Morgan fingerprint density at radius 3 is 2.64 bits per heavy atom. The molecule has 0 unspecified atom stereocenters. The fourth-order valence-electron chi connectivity index (χ4n) is 4.20. The highest BCUT2D eigenvalue weighted by Crippen LogP contribution is 2.37. The summed E-state index contributed by atoms with van der Waals surface area (Å²) in [6.45, 7) is 5.39. The van der Waals surface area contributed by atoms with Gasteiger partial charge in [-0.25, -0.2) is 14.3 Å². The van der Waals surface area contributed by atoms with Crippen molar-refractivity contribution < 1.29 is 14.4 Å². The minimum atomic E-state index is -0.843. The van der Waals surface area contributed by atoms with Crippen molar-refractivity contribution >= 4 is 23.5 Å². The summed E-state index contributed by atoms with van der Waals surface area (Å²) in [5.41, 5.74) is 0.169. The zero-order valence-electron chi connectivity index (χ0n) is 16.3. The maximum absolute atomic E-state index is 13.0. The van der Waals surface area contributed by atoms with E-state index in [-0.39, 0.29) is 23.8 Å². The molecule has 0 N–H and O–H groups in total. The van der Waals surface area contributed by atoms with Gasteiger partial charge in [-0.05, 0) is 30.9 Å². The second-order valence-corrected chi connectivity index (χ2v) is 7.91. The average Bonchev–Trinajstić information content (AvgIpc) is 3.19. The van der Waals surface area contributed by atoms with Crippen LogP contribution in [0, 0.1) is 5.92 Å². The number of rotatable bonds is 3. The van der Waals surface area contributed by atoms with Crippen LogP contribution in [-0.2, 0) is 4.79 Å². The minimum absolute atomic E-state index is 0.165. The SMILES string of the molecule is CC(C)CN1C(=O)N(C)C(=O)C12CCN(C(=O)c1cnc3cccnn13)CC2. The summed E-state index contributed by atoms with van der Waals surface area (Å²) in [7, 11) is 1.54. The zero-order chi connectivity index (χ0) is 20.1. The Bertz CT molecular complexity index is 944. The lowest BCUT2D eigenvalue weighted by Crippen LogP contribution is -2.58. The number of piperidine rings is 1. The van der Waals surface area contributed by atoms with Crippen LogP contribution in [0.15, 0.2) is 24.5 Å². The van der Waals surface area contributed by atoms with Crippen molar-refractivity contribution in [2.24, 2.45) is 5.92 Å². The first-order valence-corrected chi connectivity index (χ1v) is 9.53. The first-order chi connectivity index (χ1) is 13.3. The number of carbonyl (C=O) groups is 3. The van der Waals surface area contributed by atoms with Crippen LogP contribution in [0.5, 0.6) is 0 Å². The van der Waals surface area contributed by atoms with Gasteiger partial charge in [-0.2, -0.15) is 5.10 Å². The maximum atomic E-state index is 13.0. The van der Waals surface area contributed by atoms with Crippen molar-refractivity contribution in [2.75, 3.05) is 26.7 Å². The molecule has 2 aromatic rings. The van der Waals surface area contributed by atoms with Gasteiger partial charge in [0.05, 0.1) is 6.20 Å². The molecule has 9 heteroatoms. The zero-order valence-corrected chi connectivity index (χ0v) is 16.3. The largest absolute Gasteiger partial charge is 0.337 e. The van der Waals surface area contributed by atoms with Gasteiger partial charge in [-0.3, -0.25) is 14.5 Å². The Morgan fingerprint density at radius 2 is 1.96 bits per heavy atom. The fraction of sp³-hybridized carbons (Fsp3) is 0.526. The van der Waals surface area contributed by atoms with Gasteiger partial charge in [0.15, 0.2) is 11.3 Å². The molecular formula is C19H24N6O3. The summed E-state index contributed by atoms with van der Waals surface area (Å²) in [4.78, 5) is 47.4. The Labute approximate surface area is 162 Å². The molecule has 0 atom stereocenters. The van der Waals surface area contributed by atoms with Crippen molar-refractivity contribution in [1.29, 1.82) is 0 Å². The van der Waals surface area contributed by atoms with E-state index in [4.69, 9.17) is 0 Å². The fourth-order valence-corrected chi connectivity index (χ4v) is 4.20. The second kappa shape index (κ2) is 6.57. The highest BCUT2D eigenvalue weighted by molar-refractivity contribution is 6.07. The number of likely N-dealkylation sites (N-methyl/N-ethyl adjacent to an activating group) is 1.